The Balaban J connectivity index is 2.27. The molecule has 0 unspecified atom stereocenters. The molecule has 6 nitrogen and oxygen atoms in total. The van der Waals surface area contributed by atoms with Crippen LogP contribution in [0.1, 0.15) is 27.4 Å². The zero-order chi connectivity index (χ0) is 17.0. The van der Waals surface area contributed by atoms with Gasteiger partial charge in [-0.15, -0.1) is 0 Å². The molecule has 1 aromatic heterocycles. The first-order valence-electron chi connectivity index (χ1n) is 6.97. The lowest BCUT2D eigenvalue weighted by Gasteiger charge is -2.20. The quantitative estimate of drug-likeness (QED) is 0.756. The maximum Gasteiger partial charge on any atom is 0.278 e. The Hall–Kier alpha value is -2.12. The summed E-state index contributed by atoms with van der Waals surface area (Å²) < 4.78 is 28.5. The molecule has 0 N–H and O–H groups in total. The first kappa shape index (κ1) is 17.2. The molecule has 2 aromatic rings. The SMILES string of the molecule is CON(Cc1ccc(C)o1)C(=O)c1ccccc1CS(C)(=O)=O. The summed E-state index contributed by atoms with van der Waals surface area (Å²) in [6.07, 6.45) is 1.13. The lowest BCUT2D eigenvalue weighted by atomic mass is 10.1. The Morgan fingerprint density at radius 2 is 1.91 bits per heavy atom. The van der Waals surface area contributed by atoms with Gasteiger partial charge in [-0.05, 0) is 30.7 Å². The Labute approximate surface area is 135 Å². The molecule has 2 rings (SSSR count). The molecular weight excluding hydrogens is 318 g/mol. The average Bonchev–Trinajstić information content (AvgIpc) is 2.88. The van der Waals surface area contributed by atoms with Crippen molar-refractivity contribution in [2.75, 3.05) is 13.4 Å². The van der Waals surface area contributed by atoms with Crippen molar-refractivity contribution >= 4 is 15.7 Å². The van der Waals surface area contributed by atoms with Gasteiger partial charge in [-0.25, -0.2) is 13.5 Å². The Bertz CT molecular complexity index is 794. The van der Waals surface area contributed by atoms with Crippen molar-refractivity contribution in [2.24, 2.45) is 0 Å². The Morgan fingerprint density at radius 3 is 2.48 bits per heavy atom. The summed E-state index contributed by atoms with van der Waals surface area (Å²) >= 11 is 0. The third-order valence-electron chi connectivity index (χ3n) is 3.21. The molecule has 0 aliphatic heterocycles. The second kappa shape index (κ2) is 6.97. The number of rotatable bonds is 6. The molecule has 0 aliphatic carbocycles. The van der Waals surface area contributed by atoms with Crippen LogP contribution >= 0.6 is 0 Å². The van der Waals surface area contributed by atoms with Gasteiger partial charge >= 0.3 is 0 Å². The van der Waals surface area contributed by atoms with Crippen LogP contribution in [0.2, 0.25) is 0 Å². The van der Waals surface area contributed by atoms with Crippen LogP contribution in [0.15, 0.2) is 40.8 Å². The van der Waals surface area contributed by atoms with Crippen molar-refractivity contribution in [3.8, 4) is 0 Å². The van der Waals surface area contributed by atoms with Gasteiger partial charge in [0.1, 0.15) is 18.1 Å². The monoisotopic (exact) mass is 337 g/mol. The number of furan rings is 1. The zero-order valence-electron chi connectivity index (χ0n) is 13.3. The van der Waals surface area contributed by atoms with Gasteiger partial charge in [-0.1, -0.05) is 18.2 Å². The summed E-state index contributed by atoms with van der Waals surface area (Å²) in [6, 6.07) is 10.2. The van der Waals surface area contributed by atoms with E-state index in [1.807, 2.05) is 6.92 Å². The summed E-state index contributed by atoms with van der Waals surface area (Å²) in [4.78, 5) is 17.8. The second-order valence-electron chi connectivity index (χ2n) is 5.26. The van der Waals surface area contributed by atoms with Crippen LogP contribution in [-0.2, 0) is 27.0 Å². The van der Waals surface area contributed by atoms with Crippen LogP contribution in [-0.4, -0.2) is 32.8 Å². The fourth-order valence-corrected chi connectivity index (χ4v) is 3.02. The van der Waals surface area contributed by atoms with Crippen LogP contribution in [0.5, 0.6) is 0 Å². The largest absolute Gasteiger partial charge is 0.464 e. The minimum Gasteiger partial charge on any atom is -0.464 e. The highest BCUT2D eigenvalue weighted by Gasteiger charge is 2.21. The van der Waals surface area contributed by atoms with Crippen LogP contribution in [0.25, 0.3) is 0 Å². The summed E-state index contributed by atoms with van der Waals surface area (Å²) in [7, 11) is -1.87. The van der Waals surface area contributed by atoms with Crippen molar-refractivity contribution in [1.82, 2.24) is 5.06 Å². The number of aryl methyl sites for hydroxylation is 1. The molecule has 0 saturated heterocycles. The summed E-state index contributed by atoms with van der Waals surface area (Å²) in [5.74, 6) is 0.701. The third-order valence-corrected chi connectivity index (χ3v) is 4.04. The molecule has 0 spiro atoms. The predicted molar refractivity (Wildman–Crippen MR) is 85.3 cm³/mol. The van der Waals surface area contributed by atoms with E-state index in [-0.39, 0.29) is 12.3 Å². The topological polar surface area (TPSA) is 76.8 Å². The number of nitrogens with zero attached hydrogens (tertiary/aromatic N) is 1. The van der Waals surface area contributed by atoms with Crippen molar-refractivity contribution in [1.29, 1.82) is 0 Å². The van der Waals surface area contributed by atoms with E-state index >= 15 is 0 Å². The molecule has 0 atom stereocenters. The highest BCUT2D eigenvalue weighted by Crippen LogP contribution is 2.17. The van der Waals surface area contributed by atoms with Gasteiger partial charge in [-0.3, -0.25) is 9.63 Å². The van der Waals surface area contributed by atoms with Crippen molar-refractivity contribution in [3.05, 3.63) is 59.0 Å². The minimum atomic E-state index is -3.25. The molecule has 1 aromatic carbocycles. The molecule has 0 fully saturated rings. The summed E-state index contributed by atoms with van der Waals surface area (Å²) in [6.45, 7) is 1.94. The van der Waals surface area contributed by atoms with E-state index in [1.54, 1.807) is 36.4 Å². The molecule has 1 amide bonds. The Morgan fingerprint density at radius 1 is 1.22 bits per heavy atom. The number of hydrogen-bond acceptors (Lipinski definition) is 5. The van der Waals surface area contributed by atoms with E-state index in [2.05, 4.69) is 0 Å². The molecular formula is C16H19NO5S. The molecule has 0 saturated carbocycles. The van der Waals surface area contributed by atoms with E-state index in [4.69, 9.17) is 9.25 Å². The summed E-state index contributed by atoms with van der Waals surface area (Å²) in [5.41, 5.74) is 0.737. The number of sulfone groups is 1. The minimum absolute atomic E-state index is 0.135. The maximum absolute atomic E-state index is 12.7. The van der Waals surface area contributed by atoms with Gasteiger partial charge in [0.25, 0.3) is 5.91 Å². The van der Waals surface area contributed by atoms with E-state index in [0.717, 1.165) is 17.1 Å². The molecule has 23 heavy (non-hydrogen) atoms. The van der Waals surface area contributed by atoms with Crippen LogP contribution < -0.4 is 0 Å². The maximum atomic E-state index is 12.7. The lowest BCUT2D eigenvalue weighted by molar-refractivity contribution is -0.105. The predicted octanol–water partition coefficient (Wildman–Crippen LogP) is 2.34. The van der Waals surface area contributed by atoms with Gasteiger partial charge in [0, 0.05) is 11.8 Å². The first-order valence-corrected chi connectivity index (χ1v) is 9.03. The number of carbonyl (C=O) groups excluding carboxylic acids is 1. The molecule has 7 heteroatoms. The van der Waals surface area contributed by atoms with Gasteiger partial charge < -0.3 is 4.42 Å². The standard InChI is InChI=1S/C16H19NO5S/c1-12-8-9-14(22-12)10-17(21-2)16(18)15-7-5-4-6-13(15)11-23(3,19)20/h4-9H,10-11H2,1-3H3. The zero-order valence-corrected chi connectivity index (χ0v) is 14.1. The van der Waals surface area contributed by atoms with Crippen molar-refractivity contribution in [2.45, 2.75) is 19.2 Å². The smallest absolute Gasteiger partial charge is 0.278 e. The fourth-order valence-electron chi connectivity index (χ4n) is 2.20. The molecule has 0 radical (unpaired) electrons. The number of benzene rings is 1. The van der Waals surface area contributed by atoms with Crippen LogP contribution in [0.3, 0.4) is 0 Å². The van der Waals surface area contributed by atoms with Gasteiger partial charge in [0.05, 0.1) is 12.9 Å². The number of carbonyl (C=O) groups is 1. The first-order chi connectivity index (χ1) is 10.8. The fraction of sp³-hybridized carbons (Fsp3) is 0.312. The number of hydrogen-bond donors (Lipinski definition) is 0. The van der Waals surface area contributed by atoms with E-state index in [0.29, 0.717) is 16.9 Å². The van der Waals surface area contributed by atoms with Crippen LogP contribution in [0, 0.1) is 6.92 Å². The molecule has 0 aliphatic rings. The van der Waals surface area contributed by atoms with Gasteiger partial charge in [-0.2, -0.15) is 0 Å². The highest BCUT2D eigenvalue weighted by atomic mass is 32.2. The average molecular weight is 337 g/mol. The molecule has 1 heterocycles. The Kier molecular flexibility index (Phi) is 5.23. The highest BCUT2D eigenvalue weighted by molar-refractivity contribution is 7.89. The molecule has 0 bridgehead atoms. The van der Waals surface area contributed by atoms with E-state index in [9.17, 15) is 13.2 Å². The van der Waals surface area contributed by atoms with E-state index in [1.165, 1.54) is 7.11 Å². The number of amides is 1. The molecule has 124 valence electrons. The van der Waals surface area contributed by atoms with Gasteiger partial charge in [0.2, 0.25) is 0 Å². The summed E-state index contributed by atoms with van der Waals surface area (Å²) in [5, 5.41) is 1.14. The van der Waals surface area contributed by atoms with Crippen molar-refractivity contribution < 1.29 is 22.5 Å². The second-order valence-corrected chi connectivity index (χ2v) is 7.40. The number of hydroxylamine groups is 2. The lowest BCUT2D eigenvalue weighted by Crippen LogP contribution is -2.30. The normalized spacial score (nSPS) is 11.4. The van der Waals surface area contributed by atoms with Crippen LogP contribution in [0.4, 0.5) is 0 Å². The van der Waals surface area contributed by atoms with Crippen molar-refractivity contribution in [3.63, 3.8) is 0 Å². The van der Waals surface area contributed by atoms with Gasteiger partial charge in [0.15, 0.2) is 9.84 Å². The third kappa shape index (κ3) is 4.67. The van der Waals surface area contributed by atoms with E-state index < -0.39 is 15.7 Å².